The van der Waals surface area contributed by atoms with E-state index in [1.165, 1.54) is 11.8 Å². The summed E-state index contributed by atoms with van der Waals surface area (Å²) in [5.74, 6) is 1.91. The van der Waals surface area contributed by atoms with Crippen molar-refractivity contribution < 1.29 is 9.53 Å². The maximum absolute atomic E-state index is 12.6. The van der Waals surface area contributed by atoms with Crippen LogP contribution < -0.4 is 10.1 Å². The van der Waals surface area contributed by atoms with Crippen LogP contribution in [0, 0.1) is 0 Å². The molecular formula is C24H24N4O2S. The van der Waals surface area contributed by atoms with E-state index in [4.69, 9.17) is 4.74 Å². The molecule has 4 rings (SSSR count). The SMILES string of the molecule is CCn1c(Cc2ccc(OC)cc2)nnc1SCC(=O)Nc1cccc2ccccc12. The lowest BCUT2D eigenvalue weighted by Crippen LogP contribution is -2.15. The van der Waals surface area contributed by atoms with Gasteiger partial charge in [0.15, 0.2) is 5.16 Å². The zero-order valence-corrected chi connectivity index (χ0v) is 18.4. The van der Waals surface area contributed by atoms with Crippen molar-refractivity contribution in [1.82, 2.24) is 14.8 Å². The highest BCUT2D eigenvalue weighted by atomic mass is 32.2. The fraction of sp³-hybridized carbons (Fsp3) is 0.208. The predicted molar refractivity (Wildman–Crippen MR) is 125 cm³/mol. The van der Waals surface area contributed by atoms with Gasteiger partial charge in [0.25, 0.3) is 0 Å². The maximum Gasteiger partial charge on any atom is 0.234 e. The van der Waals surface area contributed by atoms with Gasteiger partial charge in [0.05, 0.1) is 12.9 Å². The number of ether oxygens (including phenoxy) is 1. The van der Waals surface area contributed by atoms with Crippen molar-refractivity contribution >= 4 is 34.1 Å². The first-order valence-electron chi connectivity index (χ1n) is 10.1. The monoisotopic (exact) mass is 432 g/mol. The lowest BCUT2D eigenvalue weighted by molar-refractivity contribution is -0.113. The van der Waals surface area contributed by atoms with Gasteiger partial charge in [-0.1, -0.05) is 60.3 Å². The summed E-state index contributed by atoms with van der Waals surface area (Å²) in [7, 11) is 1.66. The van der Waals surface area contributed by atoms with Crippen molar-refractivity contribution in [3.8, 4) is 5.75 Å². The Morgan fingerprint density at radius 1 is 1.03 bits per heavy atom. The number of hydrogen-bond donors (Lipinski definition) is 1. The first-order valence-corrected chi connectivity index (χ1v) is 11.1. The van der Waals surface area contributed by atoms with Crippen LogP contribution in [0.2, 0.25) is 0 Å². The standard InChI is InChI=1S/C24H24N4O2S/c1-3-28-22(15-17-11-13-19(30-2)14-12-17)26-27-24(28)31-16-23(29)25-21-10-6-8-18-7-4-5-9-20(18)21/h4-14H,3,15-16H2,1-2H3,(H,25,29). The molecule has 0 aliphatic carbocycles. The third-order valence-electron chi connectivity index (χ3n) is 5.03. The molecule has 158 valence electrons. The summed E-state index contributed by atoms with van der Waals surface area (Å²) >= 11 is 1.40. The first kappa shape index (κ1) is 20.9. The molecule has 0 fully saturated rings. The molecule has 1 amide bonds. The topological polar surface area (TPSA) is 69.0 Å². The van der Waals surface area contributed by atoms with Crippen LogP contribution in [0.25, 0.3) is 10.8 Å². The summed E-state index contributed by atoms with van der Waals surface area (Å²) in [4.78, 5) is 12.6. The number of rotatable bonds is 8. The zero-order valence-electron chi connectivity index (χ0n) is 17.5. The molecule has 3 aromatic carbocycles. The summed E-state index contributed by atoms with van der Waals surface area (Å²) in [5.41, 5.74) is 1.95. The number of anilines is 1. The normalized spacial score (nSPS) is 10.9. The molecule has 1 aromatic heterocycles. The highest BCUT2D eigenvalue weighted by Crippen LogP contribution is 2.24. The number of aromatic nitrogens is 3. The smallest absolute Gasteiger partial charge is 0.234 e. The molecule has 31 heavy (non-hydrogen) atoms. The molecule has 0 bridgehead atoms. The number of benzene rings is 3. The lowest BCUT2D eigenvalue weighted by Gasteiger charge is -2.10. The average Bonchev–Trinajstić information content (AvgIpc) is 3.19. The molecule has 6 nitrogen and oxygen atoms in total. The Morgan fingerprint density at radius 2 is 1.81 bits per heavy atom. The second-order valence-corrected chi connectivity index (χ2v) is 7.97. The van der Waals surface area contributed by atoms with E-state index in [0.717, 1.165) is 45.3 Å². The summed E-state index contributed by atoms with van der Waals surface area (Å²) in [6.45, 7) is 2.80. The quantitative estimate of drug-likeness (QED) is 0.406. The molecule has 0 aliphatic rings. The van der Waals surface area contributed by atoms with Crippen LogP contribution in [-0.4, -0.2) is 33.5 Å². The Kier molecular flexibility index (Phi) is 6.52. The van der Waals surface area contributed by atoms with Gasteiger partial charge in [-0.05, 0) is 36.1 Å². The second kappa shape index (κ2) is 9.66. The Labute approximate surface area is 185 Å². The van der Waals surface area contributed by atoms with E-state index in [2.05, 4.69) is 27.0 Å². The van der Waals surface area contributed by atoms with E-state index in [1.807, 2.05) is 66.7 Å². The zero-order chi connectivity index (χ0) is 21.6. The molecule has 0 aliphatic heterocycles. The van der Waals surface area contributed by atoms with Crippen molar-refractivity contribution in [2.45, 2.75) is 25.0 Å². The average molecular weight is 433 g/mol. The Morgan fingerprint density at radius 3 is 2.58 bits per heavy atom. The van der Waals surface area contributed by atoms with E-state index in [0.29, 0.717) is 6.42 Å². The van der Waals surface area contributed by atoms with Crippen molar-refractivity contribution in [1.29, 1.82) is 0 Å². The van der Waals surface area contributed by atoms with Crippen LogP contribution >= 0.6 is 11.8 Å². The maximum atomic E-state index is 12.6. The fourth-order valence-electron chi connectivity index (χ4n) is 3.45. The van der Waals surface area contributed by atoms with Gasteiger partial charge in [-0.15, -0.1) is 10.2 Å². The number of nitrogens with zero attached hydrogens (tertiary/aromatic N) is 3. The molecule has 1 heterocycles. The molecule has 0 atom stereocenters. The molecule has 0 radical (unpaired) electrons. The van der Waals surface area contributed by atoms with Gasteiger partial charge in [-0.3, -0.25) is 4.79 Å². The van der Waals surface area contributed by atoms with Gasteiger partial charge in [-0.2, -0.15) is 0 Å². The third-order valence-corrected chi connectivity index (χ3v) is 5.99. The highest BCUT2D eigenvalue weighted by molar-refractivity contribution is 7.99. The summed E-state index contributed by atoms with van der Waals surface area (Å²) < 4.78 is 7.27. The minimum Gasteiger partial charge on any atom is -0.497 e. The van der Waals surface area contributed by atoms with Crippen LogP contribution in [0.5, 0.6) is 5.75 Å². The molecule has 4 aromatic rings. The number of carbonyl (C=O) groups excluding carboxylic acids is 1. The number of amides is 1. The van der Waals surface area contributed by atoms with Gasteiger partial charge >= 0.3 is 0 Å². The van der Waals surface area contributed by atoms with E-state index >= 15 is 0 Å². The van der Waals surface area contributed by atoms with Gasteiger partial charge in [0.2, 0.25) is 5.91 Å². The predicted octanol–water partition coefficient (Wildman–Crippen LogP) is 4.78. The van der Waals surface area contributed by atoms with Crippen molar-refractivity contribution in [3.63, 3.8) is 0 Å². The summed E-state index contributed by atoms with van der Waals surface area (Å²) in [5, 5.41) is 14.6. The number of carbonyl (C=O) groups is 1. The lowest BCUT2D eigenvalue weighted by atomic mass is 10.1. The number of methoxy groups -OCH3 is 1. The Bertz CT molecular complexity index is 1180. The van der Waals surface area contributed by atoms with Gasteiger partial charge in [-0.25, -0.2) is 0 Å². The van der Waals surface area contributed by atoms with Gasteiger partial charge in [0.1, 0.15) is 11.6 Å². The fourth-order valence-corrected chi connectivity index (χ4v) is 4.27. The molecule has 0 saturated carbocycles. The van der Waals surface area contributed by atoms with E-state index in [1.54, 1.807) is 7.11 Å². The highest BCUT2D eigenvalue weighted by Gasteiger charge is 2.14. The summed E-state index contributed by atoms with van der Waals surface area (Å²) in [6.07, 6.45) is 0.674. The van der Waals surface area contributed by atoms with Crippen molar-refractivity contribution in [2.24, 2.45) is 0 Å². The minimum atomic E-state index is -0.0660. The molecule has 7 heteroatoms. The third kappa shape index (κ3) is 4.88. The van der Waals surface area contributed by atoms with Crippen molar-refractivity contribution in [2.75, 3.05) is 18.2 Å². The number of nitrogens with one attached hydrogen (secondary N) is 1. The van der Waals surface area contributed by atoms with Gasteiger partial charge < -0.3 is 14.6 Å². The molecule has 0 saturated heterocycles. The minimum absolute atomic E-state index is 0.0660. The molecule has 0 unspecified atom stereocenters. The van der Waals surface area contributed by atoms with Crippen LogP contribution in [0.15, 0.2) is 71.9 Å². The summed E-state index contributed by atoms with van der Waals surface area (Å²) in [6, 6.07) is 21.8. The Balaban J connectivity index is 1.41. The number of fused-ring (bicyclic) bond motifs is 1. The van der Waals surface area contributed by atoms with Crippen molar-refractivity contribution in [3.05, 3.63) is 78.1 Å². The van der Waals surface area contributed by atoms with Gasteiger partial charge in [0, 0.05) is 24.0 Å². The largest absolute Gasteiger partial charge is 0.497 e. The second-order valence-electron chi connectivity index (χ2n) is 7.03. The number of thioether (sulfide) groups is 1. The van der Waals surface area contributed by atoms with Crippen LogP contribution in [0.1, 0.15) is 18.3 Å². The Hall–Kier alpha value is -3.32. The van der Waals surface area contributed by atoms with E-state index < -0.39 is 0 Å². The molecular weight excluding hydrogens is 408 g/mol. The van der Waals surface area contributed by atoms with Crippen LogP contribution in [-0.2, 0) is 17.8 Å². The van der Waals surface area contributed by atoms with E-state index in [-0.39, 0.29) is 11.7 Å². The van der Waals surface area contributed by atoms with Crippen LogP contribution in [0.4, 0.5) is 5.69 Å². The first-order chi connectivity index (χ1) is 15.2. The van der Waals surface area contributed by atoms with Crippen LogP contribution in [0.3, 0.4) is 0 Å². The number of hydrogen-bond acceptors (Lipinski definition) is 5. The van der Waals surface area contributed by atoms with E-state index in [9.17, 15) is 4.79 Å². The molecule has 1 N–H and O–H groups in total. The molecule has 0 spiro atoms.